The molecule has 1 atom stereocenters. The molecule has 1 aromatic rings. The van der Waals surface area contributed by atoms with Crippen molar-refractivity contribution in [3.63, 3.8) is 0 Å². The number of aliphatic hydroxyl groups is 1. The first kappa shape index (κ1) is 15.8. The van der Waals surface area contributed by atoms with Gasteiger partial charge in [0.2, 0.25) is 0 Å². The zero-order valence-corrected chi connectivity index (χ0v) is 14.2. The molecule has 112 valence electrons. The number of β-amino-alcohol motifs (C(OH)–C–C–N with tert-alkyl or cyclic N) is 1. The summed E-state index contributed by atoms with van der Waals surface area (Å²) >= 11 is 3.55. The van der Waals surface area contributed by atoms with Crippen molar-refractivity contribution in [3.8, 4) is 0 Å². The van der Waals surface area contributed by atoms with Crippen LogP contribution in [0.2, 0.25) is 0 Å². The molecule has 1 fully saturated rings. The topological polar surface area (TPSA) is 35.5 Å². The van der Waals surface area contributed by atoms with Crippen molar-refractivity contribution in [3.05, 3.63) is 28.2 Å². The van der Waals surface area contributed by atoms with Crippen LogP contribution in [0.4, 0.5) is 5.69 Å². The summed E-state index contributed by atoms with van der Waals surface area (Å²) in [5.74, 6) is 0. The van der Waals surface area contributed by atoms with Crippen LogP contribution < -0.4 is 10.2 Å². The Labute approximate surface area is 130 Å². The molecule has 4 heteroatoms. The number of halogens is 1. The lowest BCUT2D eigenvalue weighted by atomic mass is 9.94. The molecule has 1 aliphatic heterocycles. The summed E-state index contributed by atoms with van der Waals surface area (Å²) < 4.78 is 1.10. The summed E-state index contributed by atoms with van der Waals surface area (Å²) in [6.07, 6.45) is 1.93. The van der Waals surface area contributed by atoms with E-state index < -0.39 is 5.60 Å². The Kier molecular flexibility index (Phi) is 5.10. The maximum absolute atomic E-state index is 10.3. The second-order valence-corrected chi connectivity index (χ2v) is 7.25. The first-order valence-corrected chi connectivity index (χ1v) is 8.16. The SMILES string of the molecule is CC(C)NCc1cc(Br)ccc1N1CCCC(C)(O)C1. The van der Waals surface area contributed by atoms with Crippen LogP contribution in [-0.4, -0.2) is 29.8 Å². The van der Waals surface area contributed by atoms with Gasteiger partial charge in [-0.15, -0.1) is 0 Å². The highest BCUT2D eigenvalue weighted by Crippen LogP contribution is 2.30. The van der Waals surface area contributed by atoms with Gasteiger partial charge in [-0.1, -0.05) is 29.8 Å². The van der Waals surface area contributed by atoms with Gasteiger partial charge < -0.3 is 15.3 Å². The molecule has 0 bridgehead atoms. The van der Waals surface area contributed by atoms with E-state index in [2.05, 4.69) is 58.2 Å². The summed E-state index contributed by atoms with van der Waals surface area (Å²) in [5, 5.41) is 13.8. The van der Waals surface area contributed by atoms with Gasteiger partial charge in [0.25, 0.3) is 0 Å². The van der Waals surface area contributed by atoms with Crippen molar-refractivity contribution in [1.29, 1.82) is 0 Å². The maximum Gasteiger partial charge on any atom is 0.0794 e. The van der Waals surface area contributed by atoms with Crippen LogP contribution in [0.3, 0.4) is 0 Å². The molecule has 1 aromatic carbocycles. The molecule has 2 N–H and O–H groups in total. The van der Waals surface area contributed by atoms with Crippen LogP contribution in [0.1, 0.15) is 39.2 Å². The van der Waals surface area contributed by atoms with Crippen molar-refractivity contribution < 1.29 is 5.11 Å². The van der Waals surface area contributed by atoms with Crippen LogP contribution in [0.5, 0.6) is 0 Å². The first-order chi connectivity index (χ1) is 9.37. The summed E-state index contributed by atoms with van der Waals surface area (Å²) in [6, 6.07) is 6.88. The number of hydrogen-bond donors (Lipinski definition) is 2. The lowest BCUT2D eigenvalue weighted by Gasteiger charge is -2.39. The van der Waals surface area contributed by atoms with Gasteiger partial charge in [-0.05, 0) is 43.5 Å². The van der Waals surface area contributed by atoms with Gasteiger partial charge in [-0.25, -0.2) is 0 Å². The third kappa shape index (κ3) is 4.21. The van der Waals surface area contributed by atoms with Gasteiger partial charge in [0, 0.05) is 35.8 Å². The minimum Gasteiger partial charge on any atom is -0.388 e. The van der Waals surface area contributed by atoms with E-state index >= 15 is 0 Å². The summed E-state index contributed by atoms with van der Waals surface area (Å²) in [6.45, 7) is 8.83. The smallest absolute Gasteiger partial charge is 0.0794 e. The van der Waals surface area contributed by atoms with Crippen LogP contribution in [-0.2, 0) is 6.54 Å². The molecule has 0 aromatic heterocycles. The lowest BCUT2D eigenvalue weighted by Crippen LogP contribution is -2.46. The largest absolute Gasteiger partial charge is 0.388 e. The molecule has 1 aliphatic rings. The van der Waals surface area contributed by atoms with E-state index in [1.807, 2.05) is 6.92 Å². The van der Waals surface area contributed by atoms with Crippen molar-refractivity contribution in [2.24, 2.45) is 0 Å². The zero-order chi connectivity index (χ0) is 14.8. The predicted octanol–water partition coefficient (Wildman–Crippen LogP) is 3.30. The van der Waals surface area contributed by atoms with Crippen molar-refractivity contribution >= 4 is 21.6 Å². The van der Waals surface area contributed by atoms with Crippen LogP contribution >= 0.6 is 15.9 Å². The zero-order valence-electron chi connectivity index (χ0n) is 12.6. The van der Waals surface area contributed by atoms with E-state index in [0.717, 1.165) is 30.4 Å². The predicted molar refractivity (Wildman–Crippen MR) is 88.2 cm³/mol. The Morgan fingerprint density at radius 3 is 2.85 bits per heavy atom. The average molecular weight is 341 g/mol. The highest BCUT2D eigenvalue weighted by Gasteiger charge is 2.29. The molecule has 1 saturated heterocycles. The number of hydrogen-bond acceptors (Lipinski definition) is 3. The Balaban J connectivity index is 2.21. The molecule has 20 heavy (non-hydrogen) atoms. The number of nitrogens with one attached hydrogen (secondary N) is 1. The molecule has 1 heterocycles. The summed E-state index contributed by atoms with van der Waals surface area (Å²) in [4.78, 5) is 2.31. The monoisotopic (exact) mass is 340 g/mol. The maximum atomic E-state index is 10.3. The van der Waals surface area contributed by atoms with E-state index in [4.69, 9.17) is 0 Å². The fraction of sp³-hybridized carbons (Fsp3) is 0.625. The lowest BCUT2D eigenvalue weighted by molar-refractivity contribution is 0.0449. The van der Waals surface area contributed by atoms with Crippen molar-refractivity contribution in [1.82, 2.24) is 5.32 Å². The molecule has 3 nitrogen and oxygen atoms in total. The number of nitrogens with zero attached hydrogens (tertiary/aromatic N) is 1. The highest BCUT2D eigenvalue weighted by molar-refractivity contribution is 9.10. The van der Waals surface area contributed by atoms with Crippen molar-refractivity contribution in [2.75, 3.05) is 18.0 Å². The van der Waals surface area contributed by atoms with E-state index in [1.165, 1.54) is 11.3 Å². The molecule has 0 spiro atoms. The van der Waals surface area contributed by atoms with Gasteiger partial charge in [-0.3, -0.25) is 0 Å². The van der Waals surface area contributed by atoms with Crippen LogP contribution in [0.25, 0.3) is 0 Å². The Morgan fingerprint density at radius 2 is 2.20 bits per heavy atom. The molecular weight excluding hydrogens is 316 g/mol. The Hall–Kier alpha value is -0.580. The van der Waals surface area contributed by atoms with Crippen LogP contribution in [0.15, 0.2) is 22.7 Å². The summed E-state index contributed by atoms with van der Waals surface area (Å²) in [7, 11) is 0. The van der Waals surface area contributed by atoms with Gasteiger partial charge in [-0.2, -0.15) is 0 Å². The van der Waals surface area contributed by atoms with Crippen molar-refractivity contribution in [2.45, 2.75) is 51.8 Å². The minimum atomic E-state index is -0.575. The van der Waals surface area contributed by atoms with Crippen LogP contribution in [0, 0.1) is 0 Å². The number of piperidine rings is 1. The second kappa shape index (κ2) is 6.46. The number of benzene rings is 1. The molecule has 0 aliphatic carbocycles. The summed E-state index contributed by atoms with van der Waals surface area (Å²) in [5.41, 5.74) is 1.95. The highest BCUT2D eigenvalue weighted by atomic mass is 79.9. The standard InChI is InChI=1S/C16H25BrN2O/c1-12(2)18-10-13-9-14(17)5-6-15(13)19-8-4-7-16(3,20)11-19/h5-6,9,12,18,20H,4,7-8,10-11H2,1-3H3. The number of anilines is 1. The molecule has 1 unspecified atom stereocenters. The average Bonchev–Trinajstić information content (AvgIpc) is 2.35. The normalized spacial score (nSPS) is 23.4. The fourth-order valence-corrected chi connectivity index (χ4v) is 3.15. The molecule has 0 amide bonds. The van der Waals surface area contributed by atoms with Gasteiger partial charge in [0.15, 0.2) is 0 Å². The van der Waals surface area contributed by atoms with E-state index in [0.29, 0.717) is 12.6 Å². The quantitative estimate of drug-likeness (QED) is 0.882. The minimum absolute atomic E-state index is 0.464. The second-order valence-electron chi connectivity index (χ2n) is 6.33. The van der Waals surface area contributed by atoms with E-state index in [9.17, 15) is 5.11 Å². The van der Waals surface area contributed by atoms with E-state index in [-0.39, 0.29) is 0 Å². The molecule has 2 rings (SSSR count). The van der Waals surface area contributed by atoms with Gasteiger partial charge in [0.1, 0.15) is 0 Å². The first-order valence-electron chi connectivity index (χ1n) is 7.36. The third-order valence-corrected chi connectivity index (χ3v) is 4.25. The molecular formula is C16H25BrN2O. The van der Waals surface area contributed by atoms with Gasteiger partial charge in [0.05, 0.1) is 5.60 Å². The Bertz CT molecular complexity index is 460. The third-order valence-electron chi connectivity index (χ3n) is 3.76. The van der Waals surface area contributed by atoms with Gasteiger partial charge >= 0.3 is 0 Å². The Morgan fingerprint density at radius 1 is 1.45 bits per heavy atom. The molecule has 0 radical (unpaired) electrons. The van der Waals surface area contributed by atoms with E-state index in [1.54, 1.807) is 0 Å². The number of rotatable bonds is 4. The molecule has 0 saturated carbocycles. The fourth-order valence-electron chi connectivity index (χ4n) is 2.74.